The second-order valence-electron chi connectivity index (χ2n) is 14.6. The van der Waals surface area contributed by atoms with Gasteiger partial charge in [-0.3, -0.25) is 9.59 Å². The SMILES string of the molecule is CCCCCCCCCOc1cccc(N2C=C(OC(=O)CCCC)N=CC2)c1.CCCCCCCCOc1cccc(N2C=C(OC(=O)CCCC)N=CC2)c1. The Bertz CT molecular complexity index is 1550. The summed E-state index contributed by atoms with van der Waals surface area (Å²) in [7, 11) is 0. The number of nitrogens with zero attached hydrogens (tertiary/aromatic N) is 4. The number of esters is 2. The van der Waals surface area contributed by atoms with E-state index in [9.17, 15) is 9.59 Å². The predicted molar refractivity (Wildman–Crippen MR) is 234 cm³/mol. The number of ether oxygens (including phenoxy) is 4. The Hall–Kier alpha value is -4.60. The van der Waals surface area contributed by atoms with Crippen LogP contribution in [0.5, 0.6) is 11.5 Å². The highest BCUT2D eigenvalue weighted by atomic mass is 16.6. The van der Waals surface area contributed by atoms with Gasteiger partial charge in [-0.15, -0.1) is 0 Å². The summed E-state index contributed by atoms with van der Waals surface area (Å²) in [5.74, 6) is 1.94. The molecule has 2 aromatic carbocycles. The monoisotopic (exact) mass is 787 g/mol. The Morgan fingerprint density at radius 1 is 0.526 bits per heavy atom. The topological polar surface area (TPSA) is 102 Å². The zero-order valence-electron chi connectivity index (χ0n) is 35.4. The Labute approximate surface area is 343 Å². The highest BCUT2D eigenvalue weighted by Crippen LogP contribution is 2.25. The number of benzene rings is 2. The molecule has 4 rings (SSSR count). The Kier molecular flexibility index (Phi) is 24.3. The number of anilines is 2. The van der Waals surface area contributed by atoms with Crippen LogP contribution in [0.1, 0.15) is 150 Å². The second-order valence-corrected chi connectivity index (χ2v) is 14.6. The van der Waals surface area contributed by atoms with Crippen molar-refractivity contribution in [2.75, 3.05) is 36.1 Å². The smallest absolute Gasteiger partial charge is 0.312 e. The minimum Gasteiger partial charge on any atom is -0.494 e. The number of aliphatic imine (C=N–C) groups is 2. The van der Waals surface area contributed by atoms with Gasteiger partial charge in [0.2, 0.25) is 11.8 Å². The van der Waals surface area contributed by atoms with E-state index in [1.54, 1.807) is 24.8 Å². The van der Waals surface area contributed by atoms with Crippen LogP contribution in [0.3, 0.4) is 0 Å². The molecule has 57 heavy (non-hydrogen) atoms. The number of carbonyl (C=O) groups is 2. The van der Waals surface area contributed by atoms with Crippen molar-refractivity contribution in [2.24, 2.45) is 9.98 Å². The van der Waals surface area contributed by atoms with Crippen LogP contribution in [0, 0.1) is 0 Å². The van der Waals surface area contributed by atoms with Gasteiger partial charge in [-0.05, 0) is 49.9 Å². The number of rotatable bonds is 27. The molecule has 0 unspecified atom stereocenters. The van der Waals surface area contributed by atoms with Gasteiger partial charge in [0.1, 0.15) is 11.5 Å². The standard InChI is InChI=1S/C24H36N2O3.C23H34N2O3/c1-3-5-7-8-9-10-11-18-28-22-14-12-13-21(19-22)26-17-16-25-23(20-26)29-24(27)15-6-4-2;1-3-5-7-8-9-10-17-27-21-13-11-12-20(18-21)25-16-15-24-22(19-25)28-23(26)14-6-4-2/h12-14,16,19-20H,3-11,15,17-18H2,1-2H3;11-13,15,18-19H,3-10,14,16-17H2,1-2H3. The van der Waals surface area contributed by atoms with Gasteiger partial charge in [0.05, 0.1) is 38.7 Å². The van der Waals surface area contributed by atoms with E-state index in [4.69, 9.17) is 18.9 Å². The lowest BCUT2D eigenvalue weighted by molar-refractivity contribution is -0.140. The van der Waals surface area contributed by atoms with Gasteiger partial charge in [0.25, 0.3) is 0 Å². The minimum absolute atomic E-state index is 0.233. The Morgan fingerprint density at radius 3 is 1.32 bits per heavy atom. The van der Waals surface area contributed by atoms with Gasteiger partial charge in [0, 0.05) is 48.8 Å². The van der Waals surface area contributed by atoms with E-state index in [1.165, 1.54) is 70.6 Å². The molecule has 0 aliphatic carbocycles. The van der Waals surface area contributed by atoms with E-state index in [2.05, 4.69) is 37.7 Å². The molecule has 2 heterocycles. The van der Waals surface area contributed by atoms with Crippen molar-refractivity contribution in [1.82, 2.24) is 0 Å². The van der Waals surface area contributed by atoms with Crippen molar-refractivity contribution in [3.8, 4) is 11.5 Å². The molecule has 0 fully saturated rings. The third kappa shape index (κ3) is 20.4. The van der Waals surface area contributed by atoms with Crippen LogP contribution in [0.4, 0.5) is 11.4 Å². The number of hydrogen-bond donors (Lipinski definition) is 0. The molecule has 10 heteroatoms. The molecule has 0 saturated heterocycles. The fourth-order valence-electron chi connectivity index (χ4n) is 6.14. The van der Waals surface area contributed by atoms with Gasteiger partial charge >= 0.3 is 11.9 Å². The number of unbranched alkanes of at least 4 members (excludes halogenated alkanes) is 13. The van der Waals surface area contributed by atoms with Crippen LogP contribution in [-0.2, 0) is 19.1 Å². The maximum absolute atomic E-state index is 11.8. The Balaban J connectivity index is 0.000000306. The summed E-state index contributed by atoms with van der Waals surface area (Å²) in [5, 5.41) is 0. The van der Waals surface area contributed by atoms with Gasteiger partial charge in [-0.25, -0.2) is 9.98 Å². The van der Waals surface area contributed by atoms with E-state index < -0.39 is 0 Å². The van der Waals surface area contributed by atoms with E-state index >= 15 is 0 Å². The first-order valence-corrected chi connectivity index (χ1v) is 21.8. The molecule has 0 saturated carbocycles. The molecular formula is C47H70N4O6. The summed E-state index contributed by atoms with van der Waals surface area (Å²) in [6.45, 7) is 11.3. The normalized spacial score (nSPS) is 13.3. The second kappa shape index (κ2) is 29.6. The van der Waals surface area contributed by atoms with Crippen LogP contribution >= 0.6 is 0 Å². The largest absolute Gasteiger partial charge is 0.494 e. The van der Waals surface area contributed by atoms with E-state index in [1.807, 2.05) is 58.3 Å². The first-order chi connectivity index (χ1) is 27.9. The molecule has 0 radical (unpaired) electrons. The van der Waals surface area contributed by atoms with Gasteiger partial charge in [-0.1, -0.05) is 123 Å². The molecule has 10 nitrogen and oxygen atoms in total. The lowest BCUT2D eigenvalue weighted by Gasteiger charge is -2.22. The van der Waals surface area contributed by atoms with Gasteiger partial charge < -0.3 is 28.7 Å². The van der Waals surface area contributed by atoms with Crippen LogP contribution in [0.25, 0.3) is 0 Å². The molecule has 2 aromatic rings. The van der Waals surface area contributed by atoms with E-state index in [-0.39, 0.29) is 11.9 Å². The molecule has 0 spiro atoms. The summed E-state index contributed by atoms with van der Waals surface area (Å²) in [5.41, 5.74) is 1.99. The van der Waals surface area contributed by atoms with Crippen LogP contribution < -0.4 is 19.3 Å². The fourth-order valence-corrected chi connectivity index (χ4v) is 6.14. The van der Waals surface area contributed by atoms with Crippen molar-refractivity contribution in [3.63, 3.8) is 0 Å². The third-order valence-electron chi connectivity index (χ3n) is 9.51. The molecule has 0 bridgehead atoms. The van der Waals surface area contributed by atoms with E-state index in [0.29, 0.717) is 37.7 Å². The molecule has 0 amide bonds. The molecular weight excluding hydrogens is 717 g/mol. The molecule has 2 aliphatic rings. The zero-order valence-corrected chi connectivity index (χ0v) is 35.4. The maximum atomic E-state index is 11.8. The van der Waals surface area contributed by atoms with Crippen LogP contribution in [-0.4, -0.2) is 50.7 Å². The first kappa shape index (κ1) is 46.8. The summed E-state index contributed by atoms with van der Waals surface area (Å²) in [6.07, 6.45) is 27.9. The molecule has 0 N–H and O–H groups in total. The zero-order chi connectivity index (χ0) is 40.8. The lowest BCUT2D eigenvalue weighted by Crippen LogP contribution is -2.23. The average molecular weight is 787 g/mol. The van der Waals surface area contributed by atoms with Crippen LogP contribution in [0.15, 0.2) is 82.7 Å². The summed E-state index contributed by atoms with van der Waals surface area (Å²) < 4.78 is 22.5. The van der Waals surface area contributed by atoms with Crippen molar-refractivity contribution < 1.29 is 28.5 Å². The third-order valence-corrected chi connectivity index (χ3v) is 9.51. The summed E-state index contributed by atoms with van der Waals surface area (Å²) in [4.78, 5) is 36.1. The van der Waals surface area contributed by atoms with Crippen molar-refractivity contribution >= 4 is 35.7 Å². The Morgan fingerprint density at radius 2 is 0.912 bits per heavy atom. The van der Waals surface area contributed by atoms with Crippen molar-refractivity contribution in [3.05, 3.63) is 72.7 Å². The number of hydrogen-bond acceptors (Lipinski definition) is 10. The predicted octanol–water partition coefficient (Wildman–Crippen LogP) is 12.1. The molecule has 2 aliphatic heterocycles. The summed E-state index contributed by atoms with van der Waals surface area (Å²) >= 11 is 0. The first-order valence-electron chi connectivity index (χ1n) is 21.8. The average Bonchev–Trinajstić information content (AvgIpc) is 3.23. The molecule has 314 valence electrons. The van der Waals surface area contributed by atoms with Gasteiger partial charge in [-0.2, -0.15) is 0 Å². The van der Waals surface area contributed by atoms with Crippen LogP contribution in [0.2, 0.25) is 0 Å². The quantitative estimate of drug-likeness (QED) is 0.0651. The minimum atomic E-state index is -0.233. The molecule has 0 atom stereocenters. The summed E-state index contributed by atoms with van der Waals surface area (Å²) in [6, 6.07) is 16.0. The molecule has 0 aromatic heterocycles. The highest BCUT2D eigenvalue weighted by Gasteiger charge is 2.15. The maximum Gasteiger partial charge on any atom is 0.312 e. The lowest BCUT2D eigenvalue weighted by atomic mass is 10.1. The highest BCUT2D eigenvalue weighted by molar-refractivity contribution is 5.75. The van der Waals surface area contributed by atoms with Crippen molar-refractivity contribution in [1.29, 1.82) is 0 Å². The van der Waals surface area contributed by atoms with Crippen molar-refractivity contribution in [2.45, 2.75) is 150 Å². The van der Waals surface area contributed by atoms with Gasteiger partial charge in [0.15, 0.2) is 0 Å². The number of carbonyl (C=O) groups excluding carboxylic acids is 2. The fraction of sp³-hybridized carbons (Fsp3) is 0.574. The van der Waals surface area contributed by atoms with E-state index in [0.717, 1.165) is 74.6 Å².